The summed E-state index contributed by atoms with van der Waals surface area (Å²) in [5, 5.41) is 3.85. The number of hydrogen-bond donors (Lipinski definition) is 1. The van der Waals surface area contributed by atoms with Crippen LogP contribution in [0.3, 0.4) is 0 Å². The SMILES string of the molecule is CCN(c1ccc2sc(C(=O)Nc3c(C)cccc3C)cc2c1)S(=O)(=O)c1ccc(C)cc1. The third-order valence-electron chi connectivity index (χ3n) is 5.63. The second-order valence-electron chi connectivity index (χ2n) is 8.04. The molecular weight excluding hydrogens is 452 g/mol. The van der Waals surface area contributed by atoms with E-state index in [9.17, 15) is 13.2 Å². The number of aryl methyl sites for hydroxylation is 3. The zero-order valence-corrected chi connectivity index (χ0v) is 20.7. The van der Waals surface area contributed by atoms with E-state index < -0.39 is 10.0 Å². The molecule has 1 amide bonds. The number of hydrogen-bond acceptors (Lipinski definition) is 4. The van der Waals surface area contributed by atoms with Crippen LogP contribution in [0.2, 0.25) is 0 Å². The van der Waals surface area contributed by atoms with Gasteiger partial charge in [-0.25, -0.2) is 8.42 Å². The Labute approximate surface area is 198 Å². The Morgan fingerprint density at radius 2 is 1.61 bits per heavy atom. The minimum Gasteiger partial charge on any atom is -0.321 e. The van der Waals surface area contributed by atoms with Crippen LogP contribution in [-0.4, -0.2) is 20.9 Å². The van der Waals surface area contributed by atoms with Gasteiger partial charge in [0.25, 0.3) is 15.9 Å². The normalized spacial score (nSPS) is 11.5. The predicted molar refractivity (Wildman–Crippen MR) is 137 cm³/mol. The minimum atomic E-state index is -3.69. The average molecular weight is 479 g/mol. The van der Waals surface area contributed by atoms with Crippen molar-refractivity contribution < 1.29 is 13.2 Å². The van der Waals surface area contributed by atoms with Gasteiger partial charge in [-0.15, -0.1) is 11.3 Å². The fourth-order valence-electron chi connectivity index (χ4n) is 3.81. The van der Waals surface area contributed by atoms with Crippen LogP contribution in [0.4, 0.5) is 11.4 Å². The Bertz CT molecular complexity index is 1420. The molecule has 0 spiro atoms. The Kier molecular flexibility index (Phi) is 6.28. The second kappa shape index (κ2) is 9.00. The van der Waals surface area contributed by atoms with Crippen LogP contribution >= 0.6 is 11.3 Å². The average Bonchev–Trinajstić information content (AvgIpc) is 3.21. The van der Waals surface area contributed by atoms with Gasteiger partial charge in [-0.3, -0.25) is 9.10 Å². The smallest absolute Gasteiger partial charge is 0.265 e. The minimum absolute atomic E-state index is 0.172. The van der Waals surface area contributed by atoms with Crippen molar-refractivity contribution in [1.29, 1.82) is 0 Å². The summed E-state index contributed by atoms with van der Waals surface area (Å²) >= 11 is 1.39. The van der Waals surface area contributed by atoms with E-state index in [1.807, 2.05) is 64.1 Å². The van der Waals surface area contributed by atoms with Gasteiger partial charge in [0.15, 0.2) is 0 Å². The van der Waals surface area contributed by atoms with Crippen LogP contribution in [0.15, 0.2) is 71.6 Å². The number of nitrogens with zero attached hydrogens (tertiary/aromatic N) is 1. The molecule has 0 aliphatic rings. The monoisotopic (exact) mass is 478 g/mol. The lowest BCUT2D eigenvalue weighted by atomic mass is 10.1. The van der Waals surface area contributed by atoms with Gasteiger partial charge in [0.05, 0.1) is 15.5 Å². The molecule has 1 heterocycles. The molecule has 0 radical (unpaired) electrons. The number of anilines is 2. The predicted octanol–water partition coefficient (Wildman–Crippen LogP) is 6.29. The first kappa shape index (κ1) is 23.0. The van der Waals surface area contributed by atoms with E-state index in [2.05, 4.69) is 5.32 Å². The number of sulfonamides is 1. The maximum absolute atomic E-state index is 13.3. The summed E-state index contributed by atoms with van der Waals surface area (Å²) in [5.41, 5.74) is 4.41. The fourth-order valence-corrected chi connectivity index (χ4v) is 6.22. The van der Waals surface area contributed by atoms with Gasteiger partial charge in [-0.05, 0) is 80.6 Å². The van der Waals surface area contributed by atoms with Crippen molar-refractivity contribution >= 4 is 48.7 Å². The van der Waals surface area contributed by atoms with Gasteiger partial charge in [0.2, 0.25) is 0 Å². The van der Waals surface area contributed by atoms with Crippen molar-refractivity contribution in [1.82, 2.24) is 0 Å². The quantitative estimate of drug-likeness (QED) is 0.354. The third-order valence-corrected chi connectivity index (χ3v) is 8.66. The number of thiophene rings is 1. The van der Waals surface area contributed by atoms with Gasteiger partial charge in [0.1, 0.15) is 0 Å². The number of fused-ring (bicyclic) bond motifs is 1. The molecule has 7 heteroatoms. The molecule has 5 nitrogen and oxygen atoms in total. The topological polar surface area (TPSA) is 66.5 Å². The summed E-state index contributed by atoms with van der Waals surface area (Å²) in [4.78, 5) is 13.8. The molecule has 1 N–H and O–H groups in total. The molecule has 0 aliphatic carbocycles. The Morgan fingerprint density at radius 3 is 2.24 bits per heavy atom. The van der Waals surface area contributed by atoms with Crippen molar-refractivity contribution in [3.05, 3.63) is 88.3 Å². The van der Waals surface area contributed by atoms with E-state index in [-0.39, 0.29) is 10.8 Å². The molecule has 0 saturated carbocycles. The lowest BCUT2D eigenvalue weighted by Crippen LogP contribution is -2.30. The van der Waals surface area contributed by atoms with Gasteiger partial charge in [-0.2, -0.15) is 0 Å². The van der Waals surface area contributed by atoms with Crippen LogP contribution in [0.1, 0.15) is 33.3 Å². The van der Waals surface area contributed by atoms with Gasteiger partial charge < -0.3 is 5.32 Å². The van der Waals surface area contributed by atoms with Crippen LogP contribution in [0, 0.1) is 20.8 Å². The molecule has 0 bridgehead atoms. The lowest BCUT2D eigenvalue weighted by Gasteiger charge is -2.23. The maximum atomic E-state index is 13.3. The fraction of sp³-hybridized carbons (Fsp3) is 0.192. The summed E-state index contributed by atoms with van der Waals surface area (Å²) in [7, 11) is -3.69. The van der Waals surface area contributed by atoms with E-state index in [0.717, 1.165) is 32.5 Å². The molecule has 0 atom stereocenters. The van der Waals surface area contributed by atoms with Crippen LogP contribution in [-0.2, 0) is 10.0 Å². The first-order valence-electron chi connectivity index (χ1n) is 10.7. The number of rotatable bonds is 6. The molecule has 0 fully saturated rings. The molecule has 3 aromatic carbocycles. The molecule has 33 heavy (non-hydrogen) atoms. The van der Waals surface area contributed by atoms with E-state index in [1.165, 1.54) is 15.6 Å². The number of nitrogens with one attached hydrogen (secondary N) is 1. The molecular formula is C26H26N2O3S2. The number of carbonyl (C=O) groups excluding carboxylic acids is 1. The highest BCUT2D eigenvalue weighted by atomic mass is 32.2. The first-order valence-corrected chi connectivity index (χ1v) is 13.0. The summed E-state index contributed by atoms with van der Waals surface area (Å²) in [6.45, 7) is 7.96. The molecule has 4 aromatic rings. The van der Waals surface area contributed by atoms with E-state index in [1.54, 1.807) is 30.3 Å². The Balaban J connectivity index is 1.66. The molecule has 0 aliphatic heterocycles. The van der Waals surface area contributed by atoms with Gasteiger partial charge in [0, 0.05) is 16.9 Å². The van der Waals surface area contributed by atoms with Gasteiger partial charge in [-0.1, -0.05) is 35.9 Å². The largest absolute Gasteiger partial charge is 0.321 e. The van der Waals surface area contributed by atoms with E-state index in [0.29, 0.717) is 17.1 Å². The molecule has 4 rings (SSSR count). The van der Waals surface area contributed by atoms with Crippen LogP contribution in [0.5, 0.6) is 0 Å². The maximum Gasteiger partial charge on any atom is 0.265 e. The van der Waals surface area contributed by atoms with Crippen LogP contribution in [0.25, 0.3) is 10.1 Å². The van der Waals surface area contributed by atoms with Gasteiger partial charge >= 0.3 is 0 Å². The number of amides is 1. The summed E-state index contributed by atoms with van der Waals surface area (Å²) in [6.07, 6.45) is 0. The third kappa shape index (κ3) is 4.51. The number of carbonyl (C=O) groups is 1. The first-order chi connectivity index (χ1) is 15.7. The van der Waals surface area contributed by atoms with E-state index in [4.69, 9.17) is 0 Å². The Hall–Kier alpha value is -3.16. The molecule has 0 unspecified atom stereocenters. The van der Waals surface area contributed by atoms with E-state index >= 15 is 0 Å². The van der Waals surface area contributed by atoms with Crippen LogP contribution < -0.4 is 9.62 Å². The standard InChI is InChI=1S/C26H26N2O3S2/c1-5-28(33(30,31)22-12-9-17(2)10-13-22)21-11-14-23-20(15-21)16-24(32-23)26(29)27-25-18(3)7-6-8-19(25)4/h6-16H,5H2,1-4H3,(H,27,29). The van der Waals surface area contributed by atoms with Crippen molar-refractivity contribution in [2.24, 2.45) is 0 Å². The van der Waals surface area contributed by atoms with Crippen molar-refractivity contribution in [2.75, 3.05) is 16.2 Å². The zero-order chi connectivity index (χ0) is 23.8. The summed E-state index contributed by atoms with van der Waals surface area (Å²) in [6, 6.07) is 20.1. The van der Waals surface area contributed by atoms with Crippen molar-refractivity contribution in [3.63, 3.8) is 0 Å². The molecule has 0 saturated heterocycles. The van der Waals surface area contributed by atoms with Crippen molar-refractivity contribution in [3.8, 4) is 0 Å². The number of para-hydroxylation sites is 1. The highest BCUT2D eigenvalue weighted by molar-refractivity contribution is 7.92. The highest BCUT2D eigenvalue weighted by Crippen LogP contribution is 2.32. The highest BCUT2D eigenvalue weighted by Gasteiger charge is 2.24. The number of benzene rings is 3. The molecule has 170 valence electrons. The summed E-state index contributed by atoms with van der Waals surface area (Å²) < 4.78 is 28.8. The molecule has 1 aromatic heterocycles. The second-order valence-corrected chi connectivity index (χ2v) is 11.0. The Morgan fingerprint density at radius 1 is 0.939 bits per heavy atom. The zero-order valence-electron chi connectivity index (χ0n) is 19.0. The van der Waals surface area contributed by atoms with Crippen molar-refractivity contribution in [2.45, 2.75) is 32.6 Å². The summed E-state index contributed by atoms with van der Waals surface area (Å²) in [5.74, 6) is -0.172. The lowest BCUT2D eigenvalue weighted by molar-refractivity contribution is 0.103.